The molecule has 6 nitrogen and oxygen atoms in total. The van der Waals surface area contributed by atoms with Crippen molar-refractivity contribution in [1.29, 1.82) is 0 Å². The fourth-order valence-corrected chi connectivity index (χ4v) is 5.66. The average molecular weight is 393 g/mol. The van der Waals surface area contributed by atoms with Crippen molar-refractivity contribution in [3.05, 3.63) is 0 Å². The van der Waals surface area contributed by atoms with Gasteiger partial charge in [-0.3, -0.25) is 0 Å². The zero-order valence-corrected chi connectivity index (χ0v) is 17.8. The maximum atomic E-state index is 5.03. The van der Waals surface area contributed by atoms with Gasteiger partial charge < -0.3 is 20.4 Å². The van der Waals surface area contributed by atoms with Crippen LogP contribution < -0.4 is 10.6 Å². The molecule has 27 heavy (non-hydrogen) atoms. The molecule has 0 aliphatic carbocycles. The van der Waals surface area contributed by atoms with Gasteiger partial charge in [0.2, 0.25) is 0 Å². The van der Waals surface area contributed by atoms with Gasteiger partial charge in [0.25, 0.3) is 0 Å². The van der Waals surface area contributed by atoms with Crippen molar-refractivity contribution in [3.8, 4) is 0 Å². The summed E-state index contributed by atoms with van der Waals surface area (Å²) >= 11 is 2.07. The van der Waals surface area contributed by atoms with Crippen molar-refractivity contribution in [3.63, 3.8) is 0 Å². The van der Waals surface area contributed by atoms with Crippen LogP contribution in [0.15, 0.2) is 9.98 Å². The Bertz CT molecular complexity index is 565. The fraction of sp³-hybridized carbons (Fsp3) is 0.900. The number of rotatable bonds is 6. The first-order valence-corrected chi connectivity index (χ1v) is 12.2. The largest absolute Gasteiger partial charge is 0.353 e. The Kier molecular flexibility index (Phi) is 6.35. The van der Waals surface area contributed by atoms with Gasteiger partial charge in [-0.1, -0.05) is 13.8 Å². The van der Waals surface area contributed by atoms with Crippen LogP contribution in [0.3, 0.4) is 0 Å². The van der Waals surface area contributed by atoms with E-state index >= 15 is 0 Å². The fourth-order valence-electron chi connectivity index (χ4n) is 4.48. The predicted octanol–water partition coefficient (Wildman–Crippen LogP) is 2.12. The first kappa shape index (κ1) is 19.2. The quantitative estimate of drug-likeness (QED) is 0.725. The Morgan fingerprint density at radius 3 is 2.07 bits per heavy atom. The summed E-state index contributed by atoms with van der Waals surface area (Å²) in [6, 6.07) is 2.17. The Balaban J connectivity index is 1.24. The van der Waals surface area contributed by atoms with E-state index in [-0.39, 0.29) is 0 Å². The van der Waals surface area contributed by atoms with Crippen LogP contribution in [0.4, 0.5) is 0 Å². The number of thioether (sulfide) groups is 1. The van der Waals surface area contributed by atoms with E-state index in [1.807, 2.05) is 0 Å². The topological polar surface area (TPSA) is 55.3 Å². The third kappa shape index (κ3) is 4.66. The molecule has 2 fully saturated rings. The molecule has 152 valence electrons. The van der Waals surface area contributed by atoms with Gasteiger partial charge >= 0.3 is 0 Å². The lowest BCUT2D eigenvalue weighted by molar-refractivity contribution is 0.293. The van der Waals surface area contributed by atoms with Gasteiger partial charge in [-0.05, 0) is 38.5 Å². The number of nitrogens with one attached hydrogen (secondary N) is 2. The molecule has 0 amide bonds. The third-order valence-corrected chi connectivity index (χ3v) is 7.69. The first-order valence-electron chi connectivity index (χ1n) is 11.0. The van der Waals surface area contributed by atoms with Crippen molar-refractivity contribution in [2.45, 2.75) is 76.5 Å². The molecule has 0 spiro atoms. The molecule has 0 aromatic heterocycles. The molecule has 2 saturated heterocycles. The van der Waals surface area contributed by atoms with Crippen molar-refractivity contribution in [2.24, 2.45) is 9.98 Å². The van der Waals surface area contributed by atoms with Crippen LogP contribution in [0, 0.1) is 0 Å². The van der Waals surface area contributed by atoms with Gasteiger partial charge in [-0.2, -0.15) is 11.8 Å². The van der Waals surface area contributed by atoms with E-state index in [9.17, 15) is 0 Å². The van der Waals surface area contributed by atoms with Gasteiger partial charge in [-0.25, -0.2) is 9.98 Å². The monoisotopic (exact) mass is 392 g/mol. The number of hydrogen-bond donors (Lipinski definition) is 2. The van der Waals surface area contributed by atoms with Gasteiger partial charge in [0.15, 0.2) is 11.9 Å². The molecular weight excluding hydrogens is 356 g/mol. The van der Waals surface area contributed by atoms with E-state index in [1.54, 1.807) is 0 Å². The molecule has 0 saturated carbocycles. The zero-order chi connectivity index (χ0) is 18.6. The molecule has 4 rings (SSSR count). The van der Waals surface area contributed by atoms with Crippen molar-refractivity contribution < 1.29 is 0 Å². The lowest BCUT2D eigenvalue weighted by Crippen LogP contribution is -2.56. The summed E-state index contributed by atoms with van der Waals surface area (Å²) < 4.78 is 0. The maximum Gasteiger partial charge on any atom is 0.194 e. The minimum absolute atomic E-state index is 0.473. The molecule has 7 heteroatoms. The minimum atomic E-state index is 0.473. The summed E-state index contributed by atoms with van der Waals surface area (Å²) in [5, 5.41) is 7.36. The molecule has 4 aliphatic heterocycles. The molecule has 2 N–H and O–H groups in total. The molecule has 0 bridgehead atoms. The highest BCUT2D eigenvalue weighted by molar-refractivity contribution is 7.99. The van der Waals surface area contributed by atoms with Gasteiger partial charge in [0, 0.05) is 49.8 Å². The molecule has 0 radical (unpaired) electrons. The molecular formula is C20H36N6S. The average Bonchev–Trinajstić information content (AvgIpc) is 2.72. The van der Waals surface area contributed by atoms with Crippen LogP contribution in [0.25, 0.3) is 0 Å². The Morgan fingerprint density at radius 1 is 0.778 bits per heavy atom. The Hall–Kier alpha value is -1.11. The minimum Gasteiger partial charge on any atom is -0.353 e. The van der Waals surface area contributed by atoms with Gasteiger partial charge in [0.05, 0.1) is 12.1 Å². The van der Waals surface area contributed by atoms with E-state index in [0.29, 0.717) is 24.2 Å². The summed E-state index contributed by atoms with van der Waals surface area (Å²) in [4.78, 5) is 14.8. The second-order valence-electron chi connectivity index (χ2n) is 8.38. The summed E-state index contributed by atoms with van der Waals surface area (Å²) in [6.45, 7) is 9.19. The standard InChI is InChI=1S/C20H36N6S/c1-3-15-5-9-25-11-7-17(23-19(25)21-15)13-27-14-18-8-12-26-10-6-16(4-2)22-20(26)24-18/h15-18H,3-14H2,1-2H3,(H,21,23)(H,22,24)/t15-,16-,17+,18+/m0/s1. The lowest BCUT2D eigenvalue weighted by atomic mass is 10.1. The van der Waals surface area contributed by atoms with E-state index in [4.69, 9.17) is 9.98 Å². The number of aliphatic imine (C=N–C) groups is 2. The highest BCUT2D eigenvalue weighted by atomic mass is 32.2. The van der Waals surface area contributed by atoms with Crippen LogP contribution >= 0.6 is 11.8 Å². The van der Waals surface area contributed by atoms with Gasteiger partial charge in [0.1, 0.15) is 0 Å². The van der Waals surface area contributed by atoms with Crippen LogP contribution in [0.1, 0.15) is 52.4 Å². The van der Waals surface area contributed by atoms with E-state index in [0.717, 1.165) is 24.7 Å². The maximum absolute atomic E-state index is 5.03. The zero-order valence-electron chi connectivity index (χ0n) is 17.0. The number of nitrogens with zero attached hydrogens (tertiary/aromatic N) is 4. The second kappa shape index (κ2) is 8.93. The van der Waals surface area contributed by atoms with Crippen molar-refractivity contribution in [1.82, 2.24) is 20.4 Å². The molecule has 0 unspecified atom stereocenters. The van der Waals surface area contributed by atoms with Crippen molar-refractivity contribution in [2.75, 3.05) is 37.7 Å². The molecule has 4 aliphatic rings. The van der Waals surface area contributed by atoms with Crippen LogP contribution in [0.5, 0.6) is 0 Å². The van der Waals surface area contributed by atoms with Gasteiger partial charge in [-0.15, -0.1) is 0 Å². The Morgan fingerprint density at radius 2 is 1.37 bits per heavy atom. The lowest BCUT2D eigenvalue weighted by Gasteiger charge is -2.40. The summed E-state index contributed by atoms with van der Waals surface area (Å²) in [5.41, 5.74) is 0. The summed E-state index contributed by atoms with van der Waals surface area (Å²) in [7, 11) is 0. The number of fused-ring (bicyclic) bond motifs is 2. The molecule has 4 atom stereocenters. The SMILES string of the molecule is CC[C@H]1CCN2CC[C@H](CSC[C@H]3CCN4CC[C@H](CC)NC4=N3)NC2=N1. The second-order valence-corrected chi connectivity index (χ2v) is 9.45. The van der Waals surface area contributed by atoms with E-state index in [1.165, 1.54) is 63.5 Å². The van der Waals surface area contributed by atoms with Crippen LogP contribution in [0.2, 0.25) is 0 Å². The molecule has 4 heterocycles. The highest BCUT2D eigenvalue weighted by Gasteiger charge is 2.29. The summed E-state index contributed by atoms with van der Waals surface area (Å²) in [6.07, 6.45) is 7.25. The normalized spacial score (nSPS) is 33.3. The smallest absolute Gasteiger partial charge is 0.194 e. The third-order valence-electron chi connectivity index (χ3n) is 6.43. The highest BCUT2D eigenvalue weighted by Crippen LogP contribution is 2.21. The first-order chi connectivity index (χ1) is 13.2. The molecule has 0 aromatic carbocycles. The predicted molar refractivity (Wildman–Crippen MR) is 116 cm³/mol. The Labute approximate surface area is 168 Å². The van der Waals surface area contributed by atoms with Crippen molar-refractivity contribution >= 4 is 23.7 Å². The van der Waals surface area contributed by atoms with Crippen LogP contribution in [-0.4, -0.2) is 83.6 Å². The van der Waals surface area contributed by atoms with Crippen LogP contribution in [-0.2, 0) is 0 Å². The summed E-state index contributed by atoms with van der Waals surface area (Å²) in [5.74, 6) is 4.63. The van der Waals surface area contributed by atoms with E-state index < -0.39 is 0 Å². The number of guanidine groups is 2. The molecule has 0 aromatic rings. The number of hydrogen-bond acceptors (Lipinski definition) is 7. The van der Waals surface area contributed by atoms with E-state index in [2.05, 4.69) is 46.0 Å².